The van der Waals surface area contributed by atoms with E-state index in [0.717, 1.165) is 18.4 Å². The molecular weight excluding hydrogens is 306 g/mol. The number of furan rings is 1. The number of sulfonamides is 1. The third-order valence-electron chi connectivity index (χ3n) is 3.93. The normalized spacial score (nSPS) is 18.9. The summed E-state index contributed by atoms with van der Waals surface area (Å²) in [5, 5.41) is -0.0729. The zero-order valence-electron chi connectivity index (χ0n) is 11.7. The molecule has 1 aromatic heterocycles. The SMILES string of the molecule is O=S(=O)(NC1(c2ccc3c(c2)OCCO3)CC1)c1ccco1. The summed E-state index contributed by atoms with van der Waals surface area (Å²) in [6.07, 6.45) is 2.83. The smallest absolute Gasteiger partial charge is 0.274 e. The summed E-state index contributed by atoms with van der Waals surface area (Å²) in [5.74, 6) is 1.35. The van der Waals surface area contributed by atoms with Crippen LogP contribution in [0.4, 0.5) is 0 Å². The lowest BCUT2D eigenvalue weighted by atomic mass is 10.1. The van der Waals surface area contributed by atoms with Gasteiger partial charge in [-0.1, -0.05) is 6.07 Å². The maximum atomic E-state index is 12.4. The Kier molecular flexibility index (Phi) is 2.95. The average molecular weight is 321 g/mol. The monoisotopic (exact) mass is 321 g/mol. The second-order valence-corrected chi connectivity index (χ2v) is 7.09. The van der Waals surface area contributed by atoms with Gasteiger partial charge in [0.25, 0.3) is 10.0 Å². The molecule has 2 heterocycles. The molecule has 1 aliphatic heterocycles. The summed E-state index contributed by atoms with van der Waals surface area (Å²) < 4.78 is 43.5. The molecule has 0 spiro atoms. The summed E-state index contributed by atoms with van der Waals surface area (Å²) in [6.45, 7) is 1.03. The van der Waals surface area contributed by atoms with Gasteiger partial charge in [0, 0.05) is 0 Å². The summed E-state index contributed by atoms with van der Waals surface area (Å²) in [6, 6.07) is 8.54. The lowest BCUT2D eigenvalue weighted by Gasteiger charge is -2.22. The molecule has 0 radical (unpaired) electrons. The molecule has 2 aromatic rings. The Morgan fingerprint density at radius 3 is 2.50 bits per heavy atom. The molecule has 0 saturated heterocycles. The first-order chi connectivity index (χ1) is 10.6. The molecule has 2 aliphatic rings. The predicted octanol–water partition coefficient (Wildman–Crippen LogP) is 2.02. The molecule has 6 nitrogen and oxygen atoms in total. The first-order valence-electron chi connectivity index (χ1n) is 7.07. The Hall–Kier alpha value is -1.99. The van der Waals surface area contributed by atoms with Crippen molar-refractivity contribution in [3.63, 3.8) is 0 Å². The van der Waals surface area contributed by atoms with E-state index in [4.69, 9.17) is 13.9 Å². The number of rotatable bonds is 4. The van der Waals surface area contributed by atoms with Crippen LogP contribution in [0.25, 0.3) is 0 Å². The summed E-state index contributed by atoms with van der Waals surface area (Å²) in [5.41, 5.74) is 0.299. The standard InChI is InChI=1S/C15H15NO5S/c17-22(18,14-2-1-7-21-14)16-15(5-6-15)11-3-4-12-13(10-11)20-9-8-19-12/h1-4,7,10,16H,5-6,8-9H2. The molecule has 0 unspecified atom stereocenters. The molecule has 1 saturated carbocycles. The molecule has 22 heavy (non-hydrogen) atoms. The first kappa shape index (κ1) is 13.7. The van der Waals surface area contributed by atoms with E-state index in [-0.39, 0.29) is 5.09 Å². The number of benzene rings is 1. The highest BCUT2D eigenvalue weighted by molar-refractivity contribution is 7.89. The van der Waals surface area contributed by atoms with Crippen LogP contribution < -0.4 is 14.2 Å². The van der Waals surface area contributed by atoms with Gasteiger partial charge in [-0.2, -0.15) is 4.72 Å². The van der Waals surface area contributed by atoms with Gasteiger partial charge in [-0.05, 0) is 42.7 Å². The number of ether oxygens (including phenoxy) is 2. The molecule has 0 bridgehead atoms. The fraction of sp³-hybridized carbons (Fsp3) is 0.333. The molecule has 116 valence electrons. The van der Waals surface area contributed by atoms with E-state index in [0.29, 0.717) is 24.7 Å². The molecular formula is C15H15NO5S. The van der Waals surface area contributed by atoms with E-state index in [2.05, 4.69) is 4.72 Å². The average Bonchev–Trinajstić information content (AvgIpc) is 3.07. The lowest BCUT2D eigenvalue weighted by molar-refractivity contribution is 0.171. The second-order valence-electron chi connectivity index (χ2n) is 5.48. The number of fused-ring (bicyclic) bond motifs is 1. The van der Waals surface area contributed by atoms with Gasteiger partial charge in [0.2, 0.25) is 5.09 Å². The number of hydrogen-bond acceptors (Lipinski definition) is 5. The van der Waals surface area contributed by atoms with Gasteiger partial charge in [-0.15, -0.1) is 0 Å². The van der Waals surface area contributed by atoms with Gasteiger partial charge < -0.3 is 13.9 Å². The Bertz CT molecular complexity index is 793. The molecule has 1 aromatic carbocycles. The Balaban J connectivity index is 1.65. The molecule has 1 fully saturated rings. The van der Waals surface area contributed by atoms with Crippen LogP contribution in [-0.2, 0) is 15.6 Å². The zero-order valence-corrected chi connectivity index (χ0v) is 12.6. The van der Waals surface area contributed by atoms with E-state index in [1.54, 1.807) is 6.07 Å². The highest BCUT2D eigenvalue weighted by Crippen LogP contribution is 2.48. The van der Waals surface area contributed by atoms with Crippen molar-refractivity contribution in [3.8, 4) is 11.5 Å². The molecule has 1 N–H and O–H groups in total. The minimum Gasteiger partial charge on any atom is -0.486 e. The van der Waals surface area contributed by atoms with Gasteiger partial charge in [-0.3, -0.25) is 0 Å². The minimum atomic E-state index is -3.67. The van der Waals surface area contributed by atoms with E-state index in [9.17, 15) is 8.42 Å². The van der Waals surface area contributed by atoms with Crippen molar-refractivity contribution in [2.75, 3.05) is 13.2 Å². The number of hydrogen-bond donors (Lipinski definition) is 1. The van der Waals surface area contributed by atoms with Crippen molar-refractivity contribution in [1.82, 2.24) is 4.72 Å². The summed E-state index contributed by atoms with van der Waals surface area (Å²) in [7, 11) is -3.67. The Morgan fingerprint density at radius 2 is 1.82 bits per heavy atom. The van der Waals surface area contributed by atoms with Crippen LogP contribution in [0.5, 0.6) is 11.5 Å². The van der Waals surface area contributed by atoms with Crippen molar-refractivity contribution in [2.45, 2.75) is 23.5 Å². The van der Waals surface area contributed by atoms with Crippen molar-refractivity contribution < 1.29 is 22.3 Å². The molecule has 7 heteroatoms. The van der Waals surface area contributed by atoms with Gasteiger partial charge >= 0.3 is 0 Å². The Labute approximate surface area is 128 Å². The van der Waals surface area contributed by atoms with Crippen LogP contribution in [0.1, 0.15) is 18.4 Å². The fourth-order valence-corrected chi connectivity index (χ4v) is 4.02. The van der Waals surface area contributed by atoms with Crippen LogP contribution in [0, 0.1) is 0 Å². The second kappa shape index (κ2) is 4.76. The van der Waals surface area contributed by atoms with E-state index < -0.39 is 15.6 Å². The van der Waals surface area contributed by atoms with Crippen molar-refractivity contribution in [3.05, 3.63) is 42.2 Å². The lowest BCUT2D eigenvalue weighted by Crippen LogP contribution is -2.34. The quantitative estimate of drug-likeness (QED) is 0.932. The molecule has 0 amide bonds. The predicted molar refractivity (Wildman–Crippen MR) is 77.4 cm³/mol. The highest BCUT2D eigenvalue weighted by atomic mass is 32.2. The van der Waals surface area contributed by atoms with Crippen LogP contribution in [0.2, 0.25) is 0 Å². The summed E-state index contributed by atoms with van der Waals surface area (Å²) >= 11 is 0. The number of nitrogens with one attached hydrogen (secondary N) is 1. The largest absolute Gasteiger partial charge is 0.486 e. The van der Waals surface area contributed by atoms with Gasteiger partial charge in [0.05, 0.1) is 11.8 Å². The molecule has 0 atom stereocenters. The van der Waals surface area contributed by atoms with Gasteiger partial charge in [0.15, 0.2) is 11.5 Å². The molecule has 1 aliphatic carbocycles. The van der Waals surface area contributed by atoms with Crippen LogP contribution in [0.3, 0.4) is 0 Å². The highest BCUT2D eigenvalue weighted by Gasteiger charge is 2.48. The van der Waals surface area contributed by atoms with E-state index >= 15 is 0 Å². The Morgan fingerprint density at radius 1 is 1.05 bits per heavy atom. The third kappa shape index (κ3) is 2.26. The van der Waals surface area contributed by atoms with E-state index in [1.165, 1.54) is 12.3 Å². The zero-order chi connectivity index (χ0) is 15.2. The molecule has 4 rings (SSSR count). The maximum Gasteiger partial charge on any atom is 0.274 e. The van der Waals surface area contributed by atoms with Crippen LogP contribution in [0.15, 0.2) is 46.1 Å². The third-order valence-corrected chi connectivity index (χ3v) is 5.36. The van der Waals surface area contributed by atoms with Crippen molar-refractivity contribution in [1.29, 1.82) is 0 Å². The van der Waals surface area contributed by atoms with Gasteiger partial charge in [-0.25, -0.2) is 8.42 Å². The van der Waals surface area contributed by atoms with Crippen molar-refractivity contribution in [2.24, 2.45) is 0 Å². The van der Waals surface area contributed by atoms with E-state index in [1.807, 2.05) is 18.2 Å². The first-order valence-corrected chi connectivity index (χ1v) is 8.55. The minimum absolute atomic E-state index is 0.0729. The maximum absolute atomic E-state index is 12.4. The van der Waals surface area contributed by atoms with Crippen molar-refractivity contribution >= 4 is 10.0 Å². The van der Waals surface area contributed by atoms with Gasteiger partial charge in [0.1, 0.15) is 13.2 Å². The summed E-state index contributed by atoms with van der Waals surface area (Å²) in [4.78, 5) is 0. The fourth-order valence-electron chi connectivity index (χ4n) is 2.64. The van der Waals surface area contributed by atoms with Crippen LogP contribution >= 0.6 is 0 Å². The topological polar surface area (TPSA) is 77.8 Å². The van der Waals surface area contributed by atoms with Crippen LogP contribution in [-0.4, -0.2) is 21.6 Å².